The van der Waals surface area contributed by atoms with E-state index >= 15 is 0 Å². The lowest BCUT2D eigenvalue weighted by Crippen LogP contribution is -1.96. The summed E-state index contributed by atoms with van der Waals surface area (Å²) in [4.78, 5) is 9.73. The molecule has 0 atom stereocenters. The van der Waals surface area contributed by atoms with Gasteiger partial charge in [-0.1, -0.05) is 154 Å². The van der Waals surface area contributed by atoms with Crippen molar-refractivity contribution in [1.82, 2.24) is 9.97 Å². The zero-order valence-corrected chi connectivity index (χ0v) is 24.1. The van der Waals surface area contributed by atoms with Gasteiger partial charge in [-0.2, -0.15) is 0 Å². The van der Waals surface area contributed by atoms with Crippen LogP contribution in [0.4, 0.5) is 0 Å². The normalized spacial score (nSPS) is 11.1. The Kier molecular flexibility index (Phi) is 8.53. The van der Waals surface area contributed by atoms with Gasteiger partial charge in [0, 0.05) is 17.2 Å². The van der Waals surface area contributed by atoms with Crippen LogP contribution in [0.25, 0.3) is 60.9 Å². The van der Waals surface area contributed by atoms with E-state index in [0.717, 1.165) is 49.5 Å². The molecule has 0 saturated heterocycles. The van der Waals surface area contributed by atoms with Crippen LogP contribution in [-0.2, 0) is 0 Å². The minimum Gasteiger partial charge on any atom is -0.228 e. The van der Waals surface area contributed by atoms with Crippen LogP contribution in [0.3, 0.4) is 0 Å². The number of fused-ring (bicyclic) bond motifs is 2. The molecule has 0 aliphatic rings. The Hall–Kier alpha value is -4.79. The summed E-state index contributed by atoms with van der Waals surface area (Å²) in [6.07, 6.45) is 5.61. The van der Waals surface area contributed by atoms with E-state index in [9.17, 15) is 0 Å². The third-order valence-electron chi connectivity index (χ3n) is 6.97. The molecule has 0 N–H and O–H groups in total. The SMILES string of the molecule is C=C/C=C(\C=C)c1ccc(-c2cc(Cl)nc(-c3ccc(-c4ccccc4)c4ccccc34)n2)c2ccccc12.CC. The molecule has 200 valence electrons. The third kappa shape index (κ3) is 5.48. The van der Waals surface area contributed by atoms with E-state index in [1.165, 1.54) is 11.1 Å². The van der Waals surface area contributed by atoms with Crippen molar-refractivity contribution in [3.63, 3.8) is 0 Å². The van der Waals surface area contributed by atoms with Crippen molar-refractivity contribution in [3.05, 3.63) is 151 Å². The van der Waals surface area contributed by atoms with Gasteiger partial charge >= 0.3 is 0 Å². The fourth-order valence-corrected chi connectivity index (χ4v) is 5.39. The highest BCUT2D eigenvalue weighted by atomic mass is 35.5. The fourth-order valence-electron chi connectivity index (χ4n) is 5.21. The van der Waals surface area contributed by atoms with Gasteiger partial charge in [0.1, 0.15) is 5.15 Å². The Bertz CT molecular complexity index is 1900. The number of nitrogens with zero attached hydrogens (tertiary/aromatic N) is 2. The standard InChI is InChI=1S/C36H25ClN2.C2H6/c1-3-12-24(4-2)26-19-21-32(30-17-10-8-15-28(26)30)34-23-35(37)39-36(38-34)33-22-20-27(25-13-6-5-7-14-25)29-16-9-11-18-31(29)33;1-2/h3-23H,1-2H2;1-2H3/b24-12+;. The summed E-state index contributed by atoms with van der Waals surface area (Å²) < 4.78 is 0. The second-order valence-electron chi connectivity index (χ2n) is 9.24. The van der Waals surface area contributed by atoms with E-state index in [0.29, 0.717) is 11.0 Å². The molecule has 0 unspecified atom stereocenters. The molecule has 0 aliphatic carbocycles. The van der Waals surface area contributed by atoms with Crippen molar-refractivity contribution in [1.29, 1.82) is 0 Å². The van der Waals surface area contributed by atoms with Crippen molar-refractivity contribution >= 4 is 38.7 Å². The Morgan fingerprint density at radius 2 is 1.20 bits per heavy atom. The van der Waals surface area contributed by atoms with Crippen LogP contribution >= 0.6 is 11.6 Å². The molecule has 3 heteroatoms. The van der Waals surface area contributed by atoms with Crippen LogP contribution in [0.1, 0.15) is 19.4 Å². The summed E-state index contributed by atoms with van der Waals surface area (Å²) in [5.41, 5.74) is 7.15. The Morgan fingerprint density at radius 3 is 1.85 bits per heavy atom. The molecule has 0 bridgehead atoms. The van der Waals surface area contributed by atoms with Gasteiger partial charge in [0.25, 0.3) is 0 Å². The van der Waals surface area contributed by atoms with Crippen molar-refractivity contribution in [2.24, 2.45) is 0 Å². The first-order valence-electron chi connectivity index (χ1n) is 13.8. The predicted molar refractivity (Wildman–Crippen MR) is 178 cm³/mol. The van der Waals surface area contributed by atoms with Crippen LogP contribution < -0.4 is 0 Å². The number of hydrogen-bond acceptors (Lipinski definition) is 2. The summed E-state index contributed by atoms with van der Waals surface area (Å²) in [7, 11) is 0. The molecule has 0 saturated carbocycles. The smallest absolute Gasteiger partial charge is 0.162 e. The molecule has 41 heavy (non-hydrogen) atoms. The second kappa shape index (κ2) is 12.6. The predicted octanol–water partition coefficient (Wildman–Crippen LogP) is 11.2. The molecule has 1 heterocycles. The molecule has 6 aromatic rings. The number of hydrogen-bond donors (Lipinski definition) is 0. The number of halogens is 1. The summed E-state index contributed by atoms with van der Waals surface area (Å²) in [5, 5.41) is 4.82. The Labute approximate surface area is 247 Å². The van der Waals surface area contributed by atoms with E-state index in [1.54, 1.807) is 6.08 Å². The molecule has 0 amide bonds. The van der Waals surface area contributed by atoms with E-state index < -0.39 is 0 Å². The van der Waals surface area contributed by atoms with E-state index in [1.807, 2.05) is 56.3 Å². The van der Waals surface area contributed by atoms with Gasteiger partial charge in [0.15, 0.2) is 5.82 Å². The molecule has 1 aromatic heterocycles. The van der Waals surface area contributed by atoms with Gasteiger partial charge in [-0.05, 0) is 49.9 Å². The lowest BCUT2D eigenvalue weighted by molar-refractivity contribution is 1.19. The summed E-state index contributed by atoms with van der Waals surface area (Å²) in [6, 6.07) is 37.4. The fraction of sp³-hybridized carbons (Fsp3) is 0.0526. The van der Waals surface area contributed by atoms with E-state index in [4.69, 9.17) is 16.6 Å². The molecule has 0 aliphatic heterocycles. The topological polar surface area (TPSA) is 25.8 Å². The Balaban J connectivity index is 0.00000165. The maximum atomic E-state index is 6.64. The number of aromatic nitrogens is 2. The van der Waals surface area contributed by atoms with Gasteiger partial charge < -0.3 is 0 Å². The van der Waals surface area contributed by atoms with Crippen molar-refractivity contribution in [2.75, 3.05) is 0 Å². The zero-order valence-electron chi connectivity index (χ0n) is 23.3. The van der Waals surface area contributed by atoms with Crippen LogP contribution in [0.15, 0.2) is 141 Å². The van der Waals surface area contributed by atoms with E-state index in [2.05, 4.69) is 97.0 Å². The van der Waals surface area contributed by atoms with Crippen molar-refractivity contribution in [3.8, 4) is 33.8 Å². The minimum absolute atomic E-state index is 0.401. The highest BCUT2D eigenvalue weighted by Gasteiger charge is 2.16. The molecule has 5 aromatic carbocycles. The van der Waals surface area contributed by atoms with Gasteiger partial charge in [-0.15, -0.1) is 0 Å². The maximum absolute atomic E-state index is 6.64. The lowest BCUT2D eigenvalue weighted by atomic mass is 9.93. The first-order chi connectivity index (χ1) is 20.2. The first-order valence-corrected chi connectivity index (χ1v) is 14.2. The van der Waals surface area contributed by atoms with Gasteiger partial charge in [-0.3, -0.25) is 0 Å². The van der Waals surface area contributed by atoms with Crippen LogP contribution in [0.2, 0.25) is 5.15 Å². The highest BCUT2D eigenvalue weighted by molar-refractivity contribution is 6.29. The minimum atomic E-state index is 0.401. The number of rotatable bonds is 6. The molecule has 0 fully saturated rings. The first kappa shape index (κ1) is 27.8. The Morgan fingerprint density at radius 1 is 0.634 bits per heavy atom. The van der Waals surface area contributed by atoms with Gasteiger partial charge in [0.05, 0.1) is 5.69 Å². The quantitative estimate of drug-likeness (QED) is 0.152. The average Bonchev–Trinajstić information content (AvgIpc) is 3.03. The van der Waals surface area contributed by atoms with E-state index in [-0.39, 0.29) is 0 Å². The molecule has 0 spiro atoms. The van der Waals surface area contributed by atoms with Crippen molar-refractivity contribution < 1.29 is 0 Å². The number of allylic oxidation sites excluding steroid dienone is 4. The molecular weight excluding hydrogens is 520 g/mol. The summed E-state index contributed by atoms with van der Waals surface area (Å²) >= 11 is 6.64. The van der Waals surface area contributed by atoms with Crippen LogP contribution in [0.5, 0.6) is 0 Å². The molecule has 2 nitrogen and oxygen atoms in total. The van der Waals surface area contributed by atoms with Crippen LogP contribution in [-0.4, -0.2) is 9.97 Å². The zero-order chi connectivity index (χ0) is 28.8. The van der Waals surface area contributed by atoms with Gasteiger partial charge in [-0.25, -0.2) is 9.97 Å². The lowest BCUT2D eigenvalue weighted by Gasteiger charge is -2.14. The molecule has 6 rings (SSSR count). The van der Waals surface area contributed by atoms with Crippen LogP contribution in [0, 0.1) is 0 Å². The largest absolute Gasteiger partial charge is 0.228 e. The average molecular weight is 551 g/mol. The summed E-state index contributed by atoms with van der Waals surface area (Å²) in [5.74, 6) is 0.597. The summed E-state index contributed by atoms with van der Waals surface area (Å²) in [6.45, 7) is 11.9. The molecular formula is C38H31ClN2. The second-order valence-corrected chi connectivity index (χ2v) is 9.63. The van der Waals surface area contributed by atoms with Gasteiger partial charge in [0.2, 0.25) is 0 Å². The highest BCUT2D eigenvalue weighted by Crippen LogP contribution is 2.37. The molecule has 0 radical (unpaired) electrons. The third-order valence-corrected chi connectivity index (χ3v) is 7.17. The monoisotopic (exact) mass is 550 g/mol. The number of benzene rings is 5. The van der Waals surface area contributed by atoms with Crippen molar-refractivity contribution in [2.45, 2.75) is 13.8 Å². The maximum Gasteiger partial charge on any atom is 0.162 e.